The second kappa shape index (κ2) is 5.66. The minimum atomic E-state index is -4.81. The smallest absolute Gasteiger partial charge is 0.405 e. The summed E-state index contributed by atoms with van der Waals surface area (Å²) in [6.07, 6.45) is -5.36. The molecule has 0 amide bonds. The van der Waals surface area contributed by atoms with Crippen molar-refractivity contribution < 1.29 is 27.5 Å². The van der Waals surface area contributed by atoms with Crippen molar-refractivity contribution in [3.05, 3.63) is 29.8 Å². The molecule has 0 bridgehead atoms. The van der Waals surface area contributed by atoms with Crippen LogP contribution in [0.1, 0.15) is 18.9 Å². The molecule has 0 fully saturated rings. The Hall–Kier alpha value is -1.85. The second-order valence-electron chi connectivity index (χ2n) is 3.75. The molecule has 3 nitrogen and oxygen atoms in total. The van der Waals surface area contributed by atoms with E-state index in [4.69, 9.17) is 0 Å². The monoisotopic (exact) mass is 260 g/mol. The summed E-state index contributed by atoms with van der Waals surface area (Å²) >= 11 is 0. The van der Waals surface area contributed by atoms with E-state index in [-0.39, 0.29) is 24.2 Å². The van der Waals surface area contributed by atoms with Crippen molar-refractivity contribution in [2.75, 3.05) is 0 Å². The number of carbonyl (C=O) groups is 2. The van der Waals surface area contributed by atoms with Gasteiger partial charge in [0.2, 0.25) is 0 Å². The van der Waals surface area contributed by atoms with E-state index < -0.39 is 17.9 Å². The van der Waals surface area contributed by atoms with Gasteiger partial charge in [0.15, 0.2) is 0 Å². The van der Waals surface area contributed by atoms with E-state index in [9.17, 15) is 22.8 Å². The van der Waals surface area contributed by atoms with Gasteiger partial charge in [0.1, 0.15) is 17.3 Å². The van der Waals surface area contributed by atoms with Gasteiger partial charge in [0.05, 0.1) is 6.42 Å². The van der Waals surface area contributed by atoms with Gasteiger partial charge in [0, 0.05) is 12.0 Å². The number of hydrogen-bond acceptors (Lipinski definition) is 3. The number of ether oxygens (including phenoxy) is 1. The first-order chi connectivity index (χ1) is 8.28. The van der Waals surface area contributed by atoms with E-state index in [0.29, 0.717) is 0 Å². The van der Waals surface area contributed by atoms with Gasteiger partial charge >= 0.3 is 6.36 Å². The van der Waals surface area contributed by atoms with Crippen LogP contribution in [0.4, 0.5) is 13.2 Å². The number of Topliss-reactive ketones (excluding diaryl/α,β-unsaturated/α-hetero) is 2. The second-order valence-corrected chi connectivity index (χ2v) is 3.75. The van der Waals surface area contributed by atoms with Crippen LogP contribution in [0, 0.1) is 0 Å². The minimum absolute atomic E-state index is 0.112. The van der Waals surface area contributed by atoms with E-state index in [2.05, 4.69) is 4.74 Å². The third kappa shape index (κ3) is 4.99. The Morgan fingerprint density at radius 2 is 1.83 bits per heavy atom. The van der Waals surface area contributed by atoms with Crippen molar-refractivity contribution in [2.24, 2.45) is 0 Å². The molecule has 1 aromatic rings. The van der Waals surface area contributed by atoms with Crippen molar-refractivity contribution in [1.29, 1.82) is 0 Å². The Balaban J connectivity index is 2.82. The van der Waals surface area contributed by atoms with Crippen molar-refractivity contribution in [2.45, 2.75) is 26.1 Å². The summed E-state index contributed by atoms with van der Waals surface area (Å²) in [5.74, 6) is -1.18. The molecule has 0 N–H and O–H groups in total. The molecule has 18 heavy (non-hydrogen) atoms. The van der Waals surface area contributed by atoms with Gasteiger partial charge < -0.3 is 4.74 Å². The van der Waals surface area contributed by atoms with Crippen molar-refractivity contribution in [3.8, 4) is 5.75 Å². The van der Waals surface area contributed by atoms with Crippen LogP contribution in [0.15, 0.2) is 24.3 Å². The SMILES string of the molecule is CC(=O)CC(=O)Cc1ccccc1OC(F)(F)F. The van der Waals surface area contributed by atoms with Gasteiger partial charge in [0.25, 0.3) is 0 Å². The molecule has 0 saturated heterocycles. The molecule has 0 aromatic heterocycles. The van der Waals surface area contributed by atoms with Gasteiger partial charge in [-0.05, 0) is 13.0 Å². The Labute approximate surface area is 102 Å². The number of rotatable bonds is 5. The molecule has 1 aromatic carbocycles. The molecule has 1 rings (SSSR count). The lowest BCUT2D eigenvalue weighted by Gasteiger charge is -2.12. The van der Waals surface area contributed by atoms with Crippen LogP contribution in [-0.4, -0.2) is 17.9 Å². The molecule has 0 heterocycles. The highest BCUT2D eigenvalue weighted by Crippen LogP contribution is 2.26. The first kappa shape index (κ1) is 14.2. The van der Waals surface area contributed by atoms with Crippen molar-refractivity contribution in [3.63, 3.8) is 0 Å². The van der Waals surface area contributed by atoms with E-state index >= 15 is 0 Å². The Morgan fingerprint density at radius 1 is 1.22 bits per heavy atom. The molecule has 0 unspecified atom stereocenters. The van der Waals surface area contributed by atoms with E-state index in [1.807, 2.05) is 0 Å². The van der Waals surface area contributed by atoms with Crippen LogP contribution in [0.5, 0.6) is 5.75 Å². The summed E-state index contributed by atoms with van der Waals surface area (Å²) in [7, 11) is 0. The summed E-state index contributed by atoms with van der Waals surface area (Å²) in [6.45, 7) is 1.25. The largest absolute Gasteiger partial charge is 0.573 e. The number of halogens is 3. The number of carbonyl (C=O) groups excluding carboxylic acids is 2. The zero-order valence-electron chi connectivity index (χ0n) is 9.58. The summed E-state index contributed by atoms with van der Waals surface area (Å²) < 4.78 is 40.1. The number of para-hydroxylation sites is 1. The fraction of sp³-hybridized carbons (Fsp3) is 0.333. The van der Waals surface area contributed by atoms with Gasteiger partial charge in [-0.3, -0.25) is 9.59 Å². The molecule has 0 aliphatic carbocycles. The van der Waals surface area contributed by atoms with Crippen LogP contribution >= 0.6 is 0 Å². The topological polar surface area (TPSA) is 43.4 Å². The van der Waals surface area contributed by atoms with Crippen LogP contribution < -0.4 is 4.74 Å². The van der Waals surface area contributed by atoms with Crippen LogP contribution in [0.3, 0.4) is 0 Å². The van der Waals surface area contributed by atoms with Crippen LogP contribution in [-0.2, 0) is 16.0 Å². The van der Waals surface area contributed by atoms with Crippen molar-refractivity contribution >= 4 is 11.6 Å². The maximum atomic E-state index is 12.1. The van der Waals surface area contributed by atoms with Crippen LogP contribution in [0.2, 0.25) is 0 Å². The minimum Gasteiger partial charge on any atom is -0.405 e. The maximum absolute atomic E-state index is 12.1. The lowest BCUT2D eigenvalue weighted by molar-refractivity contribution is -0.274. The molecule has 98 valence electrons. The molecule has 6 heteroatoms. The normalized spacial score (nSPS) is 11.1. The van der Waals surface area contributed by atoms with E-state index in [1.54, 1.807) is 0 Å². The van der Waals surface area contributed by atoms with Crippen LogP contribution in [0.25, 0.3) is 0 Å². The molecular formula is C12H11F3O3. The van der Waals surface area contributed by atoms with E-state index in [0.717, 1.165) is 6.07 Å². The highest BCUT2D eigenvalue weighted by atomic mass is 19.4. The molecule has 0 atom stereocenters. The summed E-state index contributed by atoms with van der Waals surface area (Å²) in [4.78, 5) is 22.1. The highest BCUT2D eigenvalue weighted by Gasteiger charge is 2.32. The fourth-order valence-electron chi connectivity index (χ4n) is 1.43. The average molecular weight is 260 g/mol. The van der Waals surface area contributed by atoms with Gasteiger partial charge in [-0.2, -0.15) is 0 Å². The molecule has 0 aliphatic heterocycles. The molecular weight excluding hydrogens is 249 g/mol. The average Bonchev–Trinajstić information content (AvgIpc) is 2.17. The lowest BCUT2D eigenvalue weighted by atomic mass is 10.0. The van der Waals surface area contributed by atoms with E-state index in [1.165, 1.54) is 25.1 Å². The van der Waals surface area contributed by atoms with Gasteiger partial charge in [-0.25, -0.2) is 0 Å². The standard InChI is InChI=1S/C12H11F3O3/c1-8(16)6-10(17)7-9-4-2-3-5-11(9)18-12(13,14)15/h2-5H,6-7H2,1H3. The Kier molecular flexibility index (Phi) is 4.47. The number of hydrogen-bond donors (Lipinski definition) is 0. The van der Waals surface area contributed by atoms with Gasteiger partial charge in [-0.1, -0.05) is 18.2 Å². The first-order valence-electron chi connectivity index (χ1n) is 5.13. The fourth-order valence-corrected chi connectivity index (χ4v) is 1.43. The summed E-state index contributed by atoms with van der Waals surface area (Å²) in [5, 5.41) is 0. The summed E-state index contributed by atoms with van der Waals surface area (Å²) in [6, 6.07) is 5.36. The zero-order chi connectivity index (χ0) is 13.8. The summed E-state index contributed by atoms with van der Waals surface area (Å²) in [5.41, 5.74) is 0.112. The number of alkyl halides is 3. The molecule has 0 saturated carbocycles. The van der Waals surface area contributed by atoms with Crippen molar-refractivity contribution in [1.82, 2.24) is 0 Å². The highest BCUT2D eigenvalue weighted by molar-refractivity contribution is 5.98. The molecule has 0 spiro atoms. The quantitative estimate of drug-likeness (QED) is 0.764. The predicted octanol–water partition coefficient (Wildman–Crippen LogP) is 2.68. The number of ketones is 2. The third-order valence-corrected chi connectivity index (χ3v) is 2.03. The van der Waals surface area contributed by atoms with Gasteiger partial charge in [-0.15, -0.1) is 13.2 Å². The maximum Gasteiger partial charge on any atom is 0.573 e. The Morgan fingerprint density at radius 3 is 2.39 bits per heavy atom. The molecule has 0 aliphatic rings. The predicted molar refractivity (Wildman–Crippen MR) is 57.1 cm³/mol. The Bertz CT molecular complexity index is 452. The lowest BCUT2D eigenvalue weighted by Crippen LogP contribution is -2.19. The third-order valence-electron chi connectivity index (χ3n) is 2.03. The number of benzene rings is 1. The zero-order valence-corrected chi connectivity index (χ0v) is 9.58. The molecule has 0 radical (unpaired) electrons. The first-order valence-corrected chi connectivity index (χ1v) is 5.13.